The molecule has 1 spiro atoms. The molecule has 7 aliphatic heterocycles. The summed E-state index contributed by atoms with van der Waals surface area (Å²) in [6.45, 7) is 77.7. The minimum Gasteiger partial charge on any atom is -0.462 e. The van der Waals surface area contributed by atoms with Crippen LogP contribution in [-0.4, -0.2) is 222 Å². The first-order valence-electron chi connectivity index (χ1n) is 41.9. The third-order valence-electron chi connectivity index (χ3n) is 29.5. The minimum atomic E-state index is -0.783. The lowest BCUT2D eigenvalue weighted by Crippen LogP contribution is -2.75. The monoisotopic (exact) mass is 1540 g/mol. The summed E-state index contributed by atoms with van der Waals surface area (Å²) >= 11 is 0. The van der Waals surface area contributed by atoms with Gasteiger partial charge in [-0.15, -0.1) is 0 Å². The summed E-state index contributed by atoms with van der Waals surface area (Å²) in [4.78, 5) is 52.9. The Balaban J connectivity index is 0.000000442. The molecule has 108 heavy (non-hydrogen) atoms. The molecule has 0 saturated carbocycles. The molecule has 23 heteroatoms. The van der Waals surface area contributed by atoms with Gasteiger partial charge in [0.15, 0.2) is 5.79 Å². The number of ether oxygens (including phenoxy) is 3. The van der Waals surface area contributed by atoms with E-state index in [2.05, 4.69) is 116 Å². The molecular formula is C85H167N9O14. The van der Waals surface area contributed by atoms with Gasteiger partial charge in [-0.05, 0) is 201 Å². The number of carbonyl (C=O) groups is 4. The highest BCUT2D eigenvalue weighted by atomic mass is 16.7. The Hall–Kier alpha value is -3.01. The van der Waals surface area contributed by atoms with Crippen molar-refractivity contribution >= 4 is 29.3 Å². The molecule has 13 unspecified atom stereocenters. The van der Waals surface area contributed by atoms with Gasteiger partial charge in [0.05, 0.1) is 52.2 Å². The lowest BCUT2D eigenvalue weighted by molar-refractivity contribution is -0.399. The van der Waals surface area contributed by atoms with Crippen LogP contribution in [0.25, 0.3) is 0 Å². The van der Waals surface area contributed by atoms with Crippen LogP contribution < -0.4 is 0 Å². The second kappa shape index (κ2) is 36.9. The predicted molar refractivity (Wildman–Crippen MR) is 432 cm³/mol. The Morgan fingerprint density at radius 2 is 0.824 bits per heavy atom. The number of oxime groups is 1. The highest BCUT2D eigenvalue weighted by molar-refractivity contribution is 5.90. The maximum absolute atomic E-state index is 13.0. The topological polar surface area (TPSA) is 276 Å². The molecule has 0 aromatic heterocycles. The average Bonchev–Trinajstić information content (AvgIpc) is 0.722. The van der Waals surface area contributed by atoms with Gasteiger partial charge in [0.25, 0.3) is 0 Å². The van der Waals surface area contributed by atoms with Gasteiger partial charge in [0, 0.05) is 108 Å². The zero-order valence-electron chi connectivity index (χ0n) is 76.0. The summed E-state index contributed by atoms with van der Waals surface area (Å²) in [7, 11) is 0. The Labute approximate surface area is 658 Å². The largest absolute Gasteiger partial charge is 0.462 e. The molecule has 2 amide bonds. The molecule has 636 valence electrons. The van der Waals surface area contributed by atoms with E-state index in [-0.39, 0.29) is 109 Å². The van der Waals surface area contributed by atoms with E-state index in [9.17, 15) is 50.4 Å². The molecule has 7 rings (SSSR count). The molecule has 7 saturated heterocycles. The van der Waals surface area contributed by atoms with Crippen molar-refractivity contribution in [3.63, 3.8) is 0 Å². The third-order valence-corrected chi connectivity index (χ3v) is 29.5. The van der Waals surface area contributed by atoms with Crippen LogP contribution in [-0.2, 0) is 33.4 Å². The fraction of sp³-hybridized carbons (Fsp3) is 0.941. The summed E-state index contributed by atoms with van der Waals surface area (Å²) < 4.78 is 18.1. The number of Topliss-reactive ketones (excluding diaryl/α,β-unsaturated/α-hetero) is 1. The number of ketones is 1. The van der Waals surface area contributed by atoms with E-state index in [4.69, 9.17) is 19.4 Å². The Kier molecular flexibility index (Phi) is 34.5. The fourth-order valence-electron chi connectivity index (χ4n) is 18.2. The SMILES string of the molecule is CCC1(C)C/C(=N/O)C(C)C(C)(CC)N1O.CCC1(C)CC(=O)C(C)C(C)(CC)N1O.CCC1(C)CC(OC(C)=O)C(C)C(C)(CC)N1O.CCC1(C)CC2(OCC(C)(C)CO2)C(C)C(C)(CC)N1O.CCC1(CC)C(=O)N(C(C)(C)C)CC(C)(C)N1O.CCC1(CC)CN(C(C)(C)C)C(=O)C(CC)(CC)N1O. The van der Waals surface area contributed by atoms with E-state index in [0.29, 0.717) is 77.7 Å². The molecule has 7 aliphatic rings. The lowest BCUT2D eigenvalue weighted by Gasteiger charge is -2.63. The Morgan fingerprint density at radius 1 is 0.463 bits per heavy atom. The van der Waals surface area contributed by atoms with E-state index >= 15 is 0 Å². The van der Waals surface area contributed by atoms with Gasteiger partial charge in [0.2, 0.25) is 11.8 Å². The third kappa shape index (κ3) is 19.2. The van der Waals surface area contributed by atoms with Crippen LogP contribution in [0.3, 0.4) is 0 Å². The van der Waals surface area contributed by atoms with Crippen LogP contribution >= 0.6 is 0 Å². The smallest absolute Gasteiger partial charge is 0.302 e. The number of piperidine rings is 4. The van der Waals surface area contributed by atoms with E-state index in [0.717, 1.165) is 69.9 Å². The van der Waals surface area contributed by atoms with E-state index in [1.807, 2.05) is 148 Å². The number of carbonyl (C=O) groups excluding carboxylic acids is 4. The number of hydrogen-bond donors (Lipinski definition) is 7. The van der Waals surface area contributed by atoms with Crippen molar-refractivity contribution in [2.45, 2.75) is 461 Å². The van der Waals surface area contributed by atoms with Gasteiger partial charge in [-0.2, -0.15) is 30.4 Å². The van der Waals surface area contributed by atoms with Gasteiger partial charge in [-0.25, -0.2) is 0 Å². The van der Waals surface area contributed by atoms with Crippen LogP contribution in [0.1, 0.15) is 372 Å². The molecule has 0 aromatic carbocycles. The lowest BCUT2D eigenvalue weighted by atomic mass is 9.67. The van der Waals surface area contributed by atoms with E-state index in [1.54, 1.807) is 5.06 Å². The predicted octanol–water partition coefficient (Wildman–Crippen LogP) is 18.4. The van der Waals surface area contributed by atoms with Crippen LogP contribution in [0, 0.1) is 29.1 Å². The molecule has 7 N–H and O–H groups in total. The van der Waals surface area contributed by atoms with Crippen molar-refractivity contribution in [1.29, 1.82) is 0 Å². The molecule has 0 aromatic rings. The first-order valence-corrected chi connectivity index (χ1v) is 41.9. The number of esters is 1. The number of nitrogens with zero attached hydrogens (tertiary/aromatic N) is 9. The van der Waals surface area contributed by atoms with E-state index < -0.39 is 33.5 Å². The second-order valence-electron chi connectivity index (χ2n) is 38.9. The summed E-state index contributed by atoms with van der Waals surface area (Å²) in [5.74, 6) is -0.253. The van der Waals surface area contributed by atoms with Gasteiger partial charge in [-0.1, -0.05) is 144 Å². The van der Waals surface area contributed by atoms with Gasteiger partial charge < -0.3 is 60.5 Å². The molecule has 7 heterocycles. The molecule has 0 aliphatic carbocycles. The zero-order chi connectivity index (χ0) is 84.8. The normalized spacial score (nSPS) is 36.2. The van der Waals surface area contributed by atoms with Crippen molar-refractivity contribution < 1.29 is 69.8 Å². The standard InChI is InChI=1S/C17H33NO3.C16H32N2O2.C14H28N2O2.C14H27NO3.C12H24N2O2.C12H23NO2/c1-8-15(6)10-17(20-11-14(4,5)12-21-17)13(3)16(7,9-2)18(15)19;1-8-15(9-2)12-17(14(5,6)7)13(19)16(10-3,11-4)18(15)20;1-8-14(9-2)11(17)15(12(3,4)5)10-13(6,7)16(14)18;1-7-13(5)9-12(18-11(4)16)10(3)14(6,8-2)15(13)17;1-6-11(4)8-10(13-15)9(3)12(5,7-2)14(11)16;1-6-11(4)8-10(14)9(3)12(5,7-2)13(11)15/h13,19H,8-12H2,1-7H3;20H,8-12H2,1-7H3;18H,8-10H2,1-7H3;10,12,17H,7-9H2,1-6H3;9,15-16H,6-8H2,1-5H3;9,15H,6-8H2,1-5H3/b;;;;13-10-;. The second-order valence-corrected chi connectivity index (χ2v) is 38.9. The maximum atomic E-state index is 13.0. The summed E-state index contributed by atoms with van der Waals surface area (Å²) in [6.07, 6.45) is 13.1. The number of rotatable bonds is 15. The van der Waals surface area contributed by atoms with Crippen molar-refractivity contribution in [3.8, 4) is 0 Å². The molecule has 7 fully saturated rings. The first-order chi connectivity index (χ1) is 49.1. The van der Waals surface area contributed by atoms with Crippen LogP contribution in [0.15, 0.2) is 5.16 Å². The molecule has 13 atom stereocenters. The highest BCUT2D eigenvalue weighted by Crippen LogP contribution is 2.54. The van der Waals surface area contributed by atoms with Gasteiger partial charge in [-0.3, -0.25) is 19.2 Å². The van der Waals surface area contributed by atoms with Gasteiger partial charge >= 0.3 is 5.97 Å². The highest BCUT2D eigenvalue weighted by Gasteiger charge is 2.64. The average molecular weight is 1540 g/mol. The van der Waals surface area contributed by atoms with Crippen LogP contribution in [0.2, 0.25) is 0 Å². The number of hydroxylamine groups is 12. The van der Waals surface area contributed by atoms with Crippen molar-refractivity contribution in [1.82, 2.24) is 40.2 Å². The van der Waals surface area contributed by atoms with Crippen molar-refractivity contribution in [3.05, 3.63) is 0 Å². The Morgan fingerprint density at radius 3 is 1.18 bits per heavy atom. The van der Waals surface area contributed by atoms with Crippen LogP contribution in [0.4, 0.5) is 0 Å². The van der Waals surface area contributed by atoms with Crippen LogP contribution in [0.5, 0.6) is 0 Å². The summed E-state index contributed by atoms with van der Waals surface area (Å²) in [5, 5.41) is 84.8. The number of amides is 2. The minimum absolute atomic E-state index is 0.0434. The summed E-state index contributed by atoms with van der Waals surface area (Å²) in [6, 6.07) is 0. The molecule has 0 radical (unpaired) electrons. The number of hydrogen-bond acceptors (Lipinski definition) is 21. The maximum Gasteiger partial charge on any atom is 0.302 e. The van der Waals surface area contributed by atoms with Gasteiger partial charge in [0.1, 0.15) is 23.0 Å². The van der Waals surface area contributed by atoms with Crippen molar-refractivity contribution in [2.75, 3.05) is 26.3 Å². The molecule has 0 bridgehead atoms. The molecule has 23 nitrogen and oxygen atoms in total. The van der Waals surface area contributed by atoms with Crippen molar-refractivity contribution in [2.24, 2.45) is 34.2 Å². The fourth-order valence-corrected chi connectivity index (χ4v) is 18.2. The first kappa shape index (κ1) is 101. The summed E-state index contributed by atoms with van der Waals surface area (Å²) in [5.41, 5.74) is -4.77. The molecular weight excluding hydrogens is 1370 g/mol. The zero-order valence-corrected chi connectivity index (χ0v) is 76.0. The van der Waals surface area contributed by atoms with E-state index in [1.165, 1.54) is 32.2 Å². The quantitative estimate of drug-likeness (QED) is 0.0456. The number of piperazine rings is 2. The Bertz CT molecular complexity index is 2940.